The first-order valence-corrected chi connectivity index (χ1v) is 10.5. The fourth-order valence-electron chi connectivity index (χ4n) is 2.42. The number of methoxy groups -OCH3 is 1. The van der Waals surface area contributed by atoms with Crippen LogP contribution < -0.4 is 9.50 Å². The van der Waals surface area contributed by atoms with Gasteiger partial charge in [-0.05, 0) is 57.5 Å². The van der Waals surface area contributed by atoms with Crippen LogP contribution in [0.4, 0.5) is 4.79 Å². The van der Waals surface area contributed by atoms with Crippen molar-refractivity contribution in [2.75, 3.05) is 7.11 Å². The Hall–Kier alpha value is -3.07. The Balaban J connectivity index is 2.19. The van der Waals surface area contributed by atoms with Gasteiger partial charge in [0.25, 0.3) is 0 Å². The smallest absolute Gasteiger partial charge is 0.408 e. The molecule has 2 aromatic carbocycles. The molecule has 0 spiro atoms. The SMILES string of the molecule is COC(=O)[C@@H](NC(=O)OC(C)(C)C)c1ccc(OS(=O)(=O)c2ccc(C)cc2)cc1. The molecule has 9 heteroatoms. The molecule has 0 aliphatic heterocycles. The first-order chi connectivity index (χ1) is 13.9. The first-order valence-electron chi connectivity index (χ1n) is 9.10. The fourth-order valence-corrected chi connectivity index (χ4v) is 3.35. The molecule has 1 atom stereocenters. The quantitative estimate of drug-likeness (QED) is 0.546. The molecular formula is C21H25NO7S. The summed E-state index contributed by atoms with van der Waals surface area (Å²) in [7, 11) is -2.81. The minimum absolute atomic E-state index is 0.0243. The highest BCUT2D eigenvalue weighted by Crippen LogP contribution is 2.23. The Morgan fingerprint density at radius 1 is 0.967 bits per heavy atom. The zero-order valence-electron chi connectivity index (χ0n) is 17.5. The van der Waals surface area contributed by atoms with E-state index in [4.69, 9.17) is 13.7 Å². The molecule has 0 fully saturated rings. The second-order valence-corrected chi connectivity index (χ2v) is 9.07. The van der Waals surface area contributed by atoms with Gasteiger partial charge in [0.2, 0.25) is 0 Å². The molecular weight excluding hydrogens is 410 g/mol. The second kappa shape index (κ2) is 9.17. The standard InChI is InChI=1S/C21H25NO7S/c1-14-6-12-17(13-7-14)30(25,26)29-16-10-8-15(9-11-16)18(19(23)27-5)22-20(24)28-21(2,3)4/h6-13,18H,1-5H3,(H,22,24)/t18-/m0/s1. The van der Waals surface area contributed by atoms with Crippen molar-refractivity contribution in [3.05, 3.63) is 59.7 Å². The lowest BCUT2D eigenvalue weighted by Gasteiger charge is -2.22. The summed E-state index contributed by atoms with van der Waals surface area (Å²) in [6.45, 7) is 6.93. The lowest BCUT2D eigenvalue weighted by molar-refractivity contribution is -0.143. The van der Waals surface area contributed by atoms with E-state index in [-0.39, 0.29) is 10.6 Å². The summed E-state index contributed by atoms with van der Waals surface area (Å²) in [4.78, 5) is 24.2. The molecule has 0 aromatic heterocycles. The molecule has 0 unspecified atom stereocenters. The van der Waals surface area contributed by atoms with E-state index in [9.17, 15) is 18.0 Å². The number of ether oxygens (including phenoxy) is 2. The van der Waals surface area contributed by atoms with E-state index in [1.807, 2.05) is 6.92 Å². The molecule has 0 saturated carbocycles. The monoisotopic (exact) mass is 435 g/mol. The Bertz CT molecular complexity index is 991. The van der Waals surface area contributed by atoms with E-state index in [1.54, 1.807) is 32.9 Å². The van der Waals surface area contributed by atoms with E-state index in [2.05, 4.69) is 5.32 Å². The van der Waals surface area contributed by atoms with Gasteiger partial charge in [-0.15, -0.1) is 0 Å². The van der Waals surface area contributed by atoms with Gasteiger partial charge in [0, 0.05) is 0 Å². The van der Waals surface area contributed by atoms with Crippen LogP contribution in [0.15, 0.2) is 53.4 Å². The number of alkyl carbamates (subject to hydrolysis) is 1. The zero-order chi connectivity index (χ0) is 22.5. The van der Waals surface area contributed by atoms with Crippen molar-refractivity contribution in [1.82, 2.24) is 5.32 Å². The maximum atomic E-state index is 12.4. The lowest BCUT2D eigenvalue weighted by atomic mass is 10.1. The normalized spacial score (nSPS) is 12.6. The molecule has 0 saturated heterocycles. The van der Waals surface area contributed by atoms with Gasteiger partial charge in [0.05, 0.1) is 7.11 Å². The third-order valence-electron chi connectivity index (χ3n) is 3.83. The van der Waals surface area contributed by atoms with Gasteiger partial charge in [-0.1, -0.05) is 29.8 Å². The molecule has 2 aromatic rings. The predicted molar refractivity (Wildman–Crippen MR) is 110 cm³/mol. The van der Waals surface area contributed by atoms with Gasteiger partial charge >= 0.3 is 22.2 Å². The summed E-state index contributed by atoms with van der Waals surface area (Å²) in [5.41, 5.74) is 0.546. The minimum atomic E-state index is -4.00. The highest BCUT2D eigenvalue weighted by atomic mass is 32.2. The van der Waals surface area contributed by atoms with Crippen molar-refractivity contribution in [3.63, 3.8) is 0 Å². The molecule has 0 aliphatic carbocycles. The van der Waals surface area contributed by atoms with Crippen molar-refractivity contribution >= 4 is 22.2 Å². The average Bonchev–Trinajstić information content (AvgIpc) is 2.65. The van der Waals surface area contributed by atoms with Crippen molar-refractivity contribution in [2.24, 2.45) is 0 Å². The average molecular weight is 435 g/mol. The molecule has 0 heterocycles. The van der Waals surface area contributed by atoms with Crippen LogP contribution in [0.1, 0.15) is 37.9 Å². The Labute approximate surface area is 176 Å². The number of hydrogen-bond donors (Lipinski definition) is 1. The molecule has 1 N–H and O–H groups in total. The number of rotatable bonds is 6. The van der Waals surface area contributed by atoms with Crippen molar-refractivity contribution in [2.45, 2.75) is 44.2 Å². The van der Waals surface area contributed by atoms with Crippen LogP contribution in [0, 0.1) is 6.92 Å². The number of benzene rings is 2. The maximum absolute atomic E-state index is 12.4. The van der Waals surface area contributed by atoms with Crippen LogP contribution in [-0.4, -0.2) is 33.2 Å². The third kappa shape index (κ3) is 6.48. The lowest BCUT2D eigenvalue weighted by Crippen LogP contribution is -2.38. The summed E-state index contributed by atoms with van der Waals surface area (Å²) >= 11 is 0. The van der Waals surface area contributed by atoms with Crippen molar-refractivity contribution < 1.29 is 31.7 Å². The van der Waals surface area contributed by atoms with Crippen LogP contribution in [0.2, 0.25) is 0 Å². The minimum Gasteiger partial charge on any atom is -0.467 e. The Kier molecular flexibility index (Phi) is 7.09. The predicted octanol–water partition coefficient (Wildman–Crippen LogP) is 3.50. The Morgan fingerprint density at radius 3 is 2.03 bits per heavy atom. The van der Waals surface area contributed by atoms with Gasteiger partial charge in [0.1, 0.15) is 16.2 Å². The summed E-state index contributed by atoms with van der Waals surface area (Å²) in [5.74, 6) is -0.651. The summed E-state index contributed by atoms with van der Waals surface area (Å²) in [6.07, 6.45) is -0.792. The van der Waals surface area contributed by atoms with E-state index in [1.165, 1.54) is 43.5 Å². The Morgan fingerprint density at radius 2 is 1.53 bits per heavy atom. The number of carbonyl (C=O) groups is 2. The van der Waals surface area contributed by atoms with Crippen LogP contribution in [0.25, 0.3) is 0 Å². The number of carbonyl (C=O) groups excluding carboxylic acids is 2. The van der Waals surface area contributed by atoms with Crippen LogP contribution in [0.3, 0.4) is 0 Å². The molecule has 30 heavy (non-hydrogen) atoms. The number of nitrogens with one attached hydrogen (secondary N) is 1. The van der Waals surface area contributed by atoms with Crippen LogP contribution >= 0.6 is 0 Å². The molecule has 0 aliphatic rings. The van der Waals surface area contributed by atoms with Gasteiger partial charge in [-0.3, -0.25) is 0 Å². The molecule has 0 bridgehead atoms. The summed E-state index contributed by atoms with van der Waals surface area (Å²) in [6, 6.07) is 10.8. The van der Waals surface area contributed by atoms with Gasteiger partial charge in [0.15, 0.2) is 6.04 Å². The number of aryl methyl sites for hydroxylation is 1. The number of hydrogen-bond acceptors (Lipinski definition) is 7. The molecule has 1 amide bonds. The largest absolute Gasteiger partial charge is 0.467 e. The second-order valence-electron chi connectivity index (χ2n) is 7.52. The van der Waals surface area contributed by atoms with Gasteiger partial charge < -0.3 is 19.0 Å². The highest BCUT2D eigenvalue weighted by Gasteiger charge is 2.27. The zero-order valence-corrected chi connectivity index (χ0v) is 18.3. The number of esters is 1. The molecule has 0 radical (unpaired) electrons. The van der Waals surface area contributed by atoms with Gasteiger partial charge in [-0.2, -0.15) is 8.42 Å². The van der Waals surface area contributed by atoms with Crippen LogP contribution in [0.5, 0.6) is 5.75 Å². The maximum Gasteiger partial charge on any atom is 0.408 e. The fraction of sp³-hybridized carbons (Fsp3) is 0.333. The highest BCUT2D eigenvalue weighted by molar-refractivity contribution is 7.87. The van der Waals surface area contributed by atoms with E-state index < -0.39 is 33.8 Å². The molecule has 2 rings (SSSR count). The third-order valence-corrected chi connectivity index (χ3v) is 5.09. The molecule has 8 nitrogen and oxygen atoms in total. The summed E-state index contributed by atoms with van der Waals surface area (Å²) in [5, 5.41) is 2.44. The first kappa shape index (κ1) is 23.2. The topological polar surface area (TPSA) is 108 Å². The van der Waals surface area contributed by atoms with E-state index in [0.29, 0.717) is 5.56 Å². The number of amides is 1. The molecule has 162 valence electrons. The van der Waals surface area contributed by atoms with E-state index in [0.717, 1.165) is 5.56 Å². The van der Waals surface area contributed by atoms with Gasteiger partial charge in [-0.25, -0.2) is 9.59 Å². The van der Waals surface area contributed by atoms with E-state index >= 15 is 0 Å². The summed E-state index contributed by atoms with van der Waals surface area (Å²) < 4.78 is 39.8. The van der Waals surface area contributed by atoms with Crippen molar-refractivity contribution in [1.29, 1.82) is 0 Å². The van der Waals surface area contributed by atoms with Crippen molar-refractivity contribution in [3.8, 4) is 5.75 Å². The van der Waals surface area contributed by atoms with Crippen LogP contribution in [-0.2, 0) is 24.4 Å².